The fourth-order valence-electron chi connectivity index (χ4n) is 2.70. The molecule has 3 rings (SSSR count). The summed E-state index contributed by atoms with van der Waals surface area (Å²) in [4.78, 5) is 0. The zero-order valence-electron chi connectivity index (χ0n) is 15.1. The highest BCUT2D eigenvalue weighted by Crippen LogP contribution is 2.10. The molecule has 0 fully saturated rings. The lowest BCUT2D eigenvalue weighted by atomic mass is 10.1. The molecule has 2 N–H and O–H groups in total. The van der Waals surface area contributed by atoms with E-state index in [4.69, 9.17) is 12.2 Å². The average molecular weight is 369 g/mol. The highest BCUT2D eigenvalue weighted by molar-refractivity contribution is 7.80. The van der Waals surface area contributed by atoms with Crippen LogP contribution in [-0.4, -0.2) is 31.2 Å². The van der Waals surface area contributed by atoms with Gasteiger partial charge in [-0.1, -0.05) is 24.3 Å². The Morgan fingerprint density at radius 3 is 2.77 bits per heavy atom. The molecule has 3 aromatic rings. The van der Waals surface area contributed by atoms with Gasteiger partial charge < -0.3 is 10.6 Å². The van der Waals surface area contributed by atoms with Crippen molar-refractivity contribution >= 4 is 23.1 Å². The molecule has 0 aliphatic heterocycles. The van der Waals surface area contributed by atoms with Crippen molar-refractivity contribution in [1.29, 1.82) is 0 Å². The van der Waals surface area contributed by atoms with E-state index in [1.54, 1.807) is 0 Å². The molecule has 0 amide bonds. The van der Waals surface area contributed by atoms with Gasteiger partial charge in [0.15, 0.2) is 10.9 Å². The van der Waals surface area contributed by atoms with E-state index >= 15 is 0 Å². The second-order valence-corrected chi connectivity index (χ2v) is 6.66. The van der Waals surface area contributed by atoms with Gasteiger partial charge in [0.25, 0.3) is 0 Å². The molecule has 0 saturated carbocycles. The van der Waals surface area contributed by atoms with Crippen LogP contribution in [0.25, 0.3) is 0 Å². The van der Waals surface area contributed by atoms with Crippen LogP contribution in [0.1, 0.15) is 23.2 Å². The molecule has 26 heavy (non-hydrogen) atoms. The second-order valence-electron chi connectivity index (χ2n) is 6.26. The lowest BCUT2D eigenvalue weighted by Gasteiger charge is -2.09. The number of hydrogen-bond donors (Lipinski definition) is 2. The largest absolute Gasteiger partial charge is 0.362 e. The molecule has 0 radical (unpaired) electrons. The van der Waals surface area contributed by atoms with Crippen LogP contribution in [0, 0.1) is 13.8 Å². The van der Waals surface area contributed by atoms with Crippen LogP contribution in [0.2, 0.25) is 0 Å². The van der Waals surface area contributed by atoms with Crippen LogP contribution < -0.4 is 10.6 Å². The molecule has 0 aliphatic carbocycles. The molecular weight excluding hydrogens is 344 g/mol. The number of aryl methyl sites for hydroxylation is 3. The van der Waals surface area contributed by atoms with Crippen molar-refractivity contribution in [2.24, 2.45) is 0 Å². The smallest absolute Gasteiger partial charge is 0.171 e. The van der Waals surface area contributed by atoms with Crippen LogP contribution in [0.5, 0.6) is 0 Å². The van der Waals surface area contributed by atoms with E-state index in [9.17, 15) is 0 Å². The molecule has 1 aromatic carbocycles. The van der Waals surface area contributed by atoms with Gasteiger partial charge in [-0.25, -0.2) is 0 Å². The number of benzene rings is 1. The van der Waals surface area contributed by atoms with Crippen molar-refractivity contribution in [2.45, 2.75) is 33.4 Å². The SMILES string of the molecule is Cc1ccccc1Cn1ccc(NC(=S)NCCCn2nccc2C)n1. The van der Waals surface area contributed by atoms with Gasteiger partial charge in [0.05, 0.1) is 6.54 Å². The predicted molar refractivity (Wildman–Crippen MR) is 108 cm³/mol. The van der Waals surface area contributed by atoms with E-state index in [0.717, 1.165) is 31.9 Å². The first-order chi connectivity index (χ1) is 12.6. The van der Waals surface area contributed by atoms with E-state index in [2.05, 4.69) is 52.9 Å². The molecule has 2 heterocycles. The molecule has 0 spiro atoms. The van der Waals surface area contributed by atoms with E-state index < -0.39 is 0 Å². The van der Waals surface area contributed by atoms with Gasteiger partial charge in [0, 0.05) is 37.2 Å². The van der Waals surface area contributed by atoms with Crippen molar-refractivity contribution in [3.8, 4) is 0 Å². The zero-order valence-corrected chi connectivity index (χ0v) is 16.0. The summed E-state index contributed by atoms with van der Waals surface area (Å²) >= 11 is 5.34. The molecule has 0 atom stereocenters. The highest BCUT2D eigenvalue weighted by Gasteiger charge is 2.04. The quantitative estimate of drug-likeness (QED) is 0.496. The van der Waals surface area contributed by atoms with E-state index in [-0.39, 0.29) is 0 Å². The fraction of sp³-hybridized carbons (Fsp3) is 0.316. The maximum absolute atomic E-state index is 5.34. The molecule has 0 saturated heterocycles. The summed E-state index contributed by atoms with van der Waals surface area (Å²) in [7, 11) is 0. The normalized spacial score (nSPS) is 10.7. The van der Waals surface area contributed by atoms with Crippen LogP contribution in [0.4, 0.5) is 5.82 Å². The molecule has 7 heteroatoms. The molecule has 2 aromatic heterocycles. The molecule has 0 aliphatic rings. The van der Waals surface area contributed by atoms with Crippen LogP contribution in [0.3, 0.4) is 0 Å². The van der Waals surface area contributed by atoms with Crippen molar-refractivity contribution in [2.75, 3.05) is 11.9 Å². The first-order valence-electron chi connectivity index (χ1n) is 8.73. The third-order valence-electron chi connectivity index (χ3n) is 4.24. The topological polar surface area (TPSA) is 59.7 Å². The summed E-state index contributed by atoms with van der Waals surface area (Å²) in [5, 5.41) is 15.7. The Balaban J connectivity index is 1.43. The predicted octanol–water partition coefficient (Wildman–Crippen LogP) is 3.12. The minimum atomic E-state index is 0.586. The summed E-state index contributed by atoms with van der Waals surface area (Å²) in [6, 6.07) is 12.3. The summed E-state index contributed by atoms with van der Waals surface area (Å²) < 4.78 is 3.90. The first kappa shape index (κ1) is 18.1. The van der Waals surface area contributed by atoms with Gasteiger partial charge in [-0.3, -0.25) is 9.36 Å². The number of nitrogens with zero attached hydrogens (tertiary/aromatic N) is 4. The fourth-order valence-corrected chi connectivity index (χ4v) is 2.91. The van der Waals surface area contributed by atoms with E-state index in [0.29, 0.717) is 5.11 Å². The van der Waals surface area contributed by atoms with Gasteiger partial charge in [0.1, 0.15) is 0 Å². The minimum Gasteiger partial charge on any atom is -0.362 e. The number of nitrogens with one attached hydrogen (secondary N) is 2. The number of anilines is 1. The van der Waals surface area contributed by atoms with Gasteiger partial charge in [-0.2, -0.15) is 10.2 Å². The molecule has 0 bridgehead atoms. The molecule has 136 valence electrons. The lowest BCUT2D eigenvalue weighted by Crippen LogP contribution is -2.30. The minimum absolute atomic E-state index is 0.586. The van der Waals surface area contributed by atoms with Crippen LogP contribution in [0.15, 0.2) is 48.8 Å². The second kappa shape index (κ2) is 8.62. The van der Waals surface area contributed by atoms with Gasteiger partial charge in [-0.15, -0.1) is 0 Å². The van der Waals surface area contributed by atoms with Crippen molar-refractivity contribution in [3.63, 3.8) is 0 Å². The van der Waals surface area contributed by atoms with Crippen LogP contribution in [-0.2, 0) is 13.1 Å². The van der Waals surface area contributed by atoms with Crippen molar-refractivity contribution in [3.05, 3.63) is 65.6 Å². The number of hydrogen-bond acceptors (Lipinski definition) is 3. The Hall–Kier alpha value is -2.67. The maximum Gasteiger partial charge on any atom is 0.171 e. The summed E-state index contributed by atoms with van der Waals surface area (Å²) in [6.07, 6.45) is 4.73. The van der Waals surface area contributed by atoms with E-state index in [1.807, 2.05) is 40.0 Å². The van der Waals surface area contributed by atoms with E-state index in [1.165, 1.54) is 16.8 Å². The highest BCUT2D eigenvalue weighted by atomic mass is 32.1. The number of aromatic nitrogens is 4. The summed E-state index contributed by atoms with van der Waals surface area (Å²) in [6.45, 7) is 6.58. The summed E-state index contributed by atoms with van der Waals surface area (Å²) in [5.74, 6) is 0.749. The van der Waals surface area contributed by atoms with Gasteiger partial charge in [0.2, 0.25) is 0 Å². The Kier molecular flexibility index (Phi) is 6.01. The monoisotopic (exact) mass is 368 g/mol. The Labute approximate surface area is 159 Å². The zero-order chi connectivity index (χ0) is 18.4. The number of thiocarbonyl (C=S) groups is 1. The third-order valence-corrected chi connectivity index (χ3v) is 4.48. The van der Waals surface area contributed by atoms with Gasteiger partial charge in [-0.05, 0) is 49.7 Å². The molecule has 6 nitrogen and oxygen atoms in total. The Morgan fingerprint density at radius 1 is 1.15 bits per heavy atom. The summed E-state index contributed by atoms with van der Waals surface area (Å²) in [5.41, 5.74) is 3.70. The van der Waals surface area contributed by atoms with Gasteiger partial charge >= 0.3 is 0 Å². The maximum atomic E-state index is 5.34. The Morgan fingerprint density at radius 2 is 2.00 bits per heavy atom. The lowest BCUT2D eigenvalue weighted by molar-refractivity contribution is 0.561. The van der Waals surface area contributed by atoms with Crippen molar-refractivity contribution in [1.82, 2.24) is 24.9 Å². The average Bonchev–Trinajstić information content (AvgIpc) is 3.23. The van der Waals surface area contributed by atoms with Crippen molar-refractivity contribution < 1.29 is 0 Å². The van der Waals surface area contributed by atoms with Crippen LogP contribution >= 0.6 is 12.2 Å². The Bertz CT molecular complexity index is 866. The number of rotatable bonds is 7. The molecule has 0 unspecified atom stereocenters. The first-order valence-corrected chi connectivity index (χ1v) is 9.14. The standard InChI is InChI=1S/C19H24N6S/c1-15-6-3-4-7-17(15)14-24-13-9-18(23-24)22-19(26)20-10-5-12-25-16(2)8-11-21-25/h3-4,6-9,11,13H,5,10,12,14H2,1-2H3,(H2,20,22,23,26). The third kappa shape index (κ3) is 4.92. The molecular formula is C19H24N6S.